The van der Waals surface area contributed by atoms with Gasteiger partial charge in [-0.2, -0.15) is 0 Å². The smallest absolute Gasteiger partial charge is 0.262 e. The van der Waals surface area contributed by atoms with Crippen molar-refractivity contribution in [2.45, 2.75) is 17.7 Å². The summed E-state index contributed by atoms with van der Waals surface area (Å²) in [6.45, 7) is 3.65. The second kappa shape index (κ2) is 8.80. The van der Waals surface area contributed by atoms with Crippen molar-refractivity contribution in [3.63, 3.8) is 0 Å². The molecule has 0 aromatic heterocycles. The Hall–Kier alpha value is -2.64. The average molecular weight is 412 g/mol. The first-order valence-electron chi connectivity index (χ1n) is 9.70. The molecule has 1 fully saturated rings. The lowest BCUT2D eigenvalue weighted by Gasteiger charge is -2.20. The first-order chi connectivity index (χ1) is 14.1. The van der Waals surface area contributed by atoms with Gasteiger partial charge < -0.3 is 15.5 Å². The van der Waals surface area contributed by atoms with E-state index in [-0.39, 0.29) is 17.6 Å². The van der Waals surface area contributed by atoms with Gasteiger partial charge in [-0.05, 0) is 56.3 Å². The lowest BCUT2D eigenvalue weighted by molar-refractivity contribution is -0.112. The molecule has 2 aliphatic heterocycles. The molecule has 2 heterocycles. The van der Waals surface area contributed by atoms with Gasteiger partial charge >= 0.3 is 0 Å². The fraction of sp³-hybridized carbons (Fsp3) is 0.273. The standard InChI is InChI=1S/C22H22FN3O2S/c23-17-6-2-1-5-15(17)14-20-22(28)25-18-13-16(7-8-19(18)29-20)21(27)24-9-12-26-10-3-4-11-26/h1-2,5-8,13-14H,3-4,9-12H2,(H,24,27)(H,25,28)/b20-14+. The van der Waals surface area contributed by atoms with Gasteiger partial charge in [-0.3, -0.25) is 9.59 Å². The number of hydrogen-bond acceptors (Lipinski definition) is 4. The Morgan fingerprint density at radius 1 is 1.21 bits per heavy atom. The number of hydrogen-bond donors (Lipinski definition) is 2. The Bertz CT molecular complexity index is 970. The lowest BCUT2D eigenvalue weighted by atomic mass is 10.1. The summed E-state index contributed by atoms with van der Waals surface area (Å²) >= 11 is 1.27. The Kier molecular flexibility index (Phi) is 5.97. The molecule has 5 nitrogen and oxygen atoms in total. The van der Waals surface area contributed by atoms with E-state index in [9.17, 15) is 14.0 Å². The van der Waals surface area contributed by atoms with Crippen LogP contribution in [-0.2, 0) is 4.79 Å². The number of amides is 2. The maximum absolute atomic E-state index is 13.9. The summed E-state index contributed by atoms with van der Waals surface area (Å²) in [5, 5.41) is 5.75. The van der Waals surface area contributed by atoms with E-state index in [0.29, 0.717) is 28.3 Å². The molecule has 2 aromatic carbocycles. The predicted molar refractivity (Wildman–Crippen MR) is 113 cm³/mol. The molecule has 0 aliphatic carbocycles. The Labute approximate surface area is 173 Å². The molecule has 1 saturated heterocycles. The number of fused-ring (bicyclic) bond motifs is 1. The number of benzene rings is 2. The molecule has 0 radical (unpaired) electrons. The van der Waals surface area contributed by atoms with Crippen LogP contribution in [-0.4, -0.2) is 42.9 Å². The summed E-state index contributed by atoms with van der Waals surface area (Å²) in [6.07, 6.45) is 3.99. The van der Waals surface area contributed by atoms with Crippen molar-refractivity contribution in [2.75, 3.05) is 31.5 Å². The quantitative estimate of drug-likeness (QED) is 0.736. The second-order valence-corrected chi connectivity index (χ2v) is 8.19. The number of rotatable bonds is 5. The third-order valence-electron chi connectivity index (χ3n) is 5.04. The van der Waals surface area contributed by atoms with Gasteiger partial charge in [0.15, 0.2) is 0 Å². The maximum atomic E-state index is 13.9. The molecule has 2 aromatic rings. The Morgan fingerprint density at radius 3 is 2.79 bits per heavy atom. The number of anilines is 1. The predicted octanol–water partition coefficient (Wildman–Crippen LogP) is 3.74. The van der Waals surface area contributed by atoms with Crippen molar-refractivity contribution in [3.05, 3.63) is 64.3 Å². The number of carbonyl (C=O) groups excluding carboxylic acids is 2. The van der Waals surface area contributed by atoms with E-state index in [4.69, 9.17) is 0 Å². The van der Waals surface area contributed by atoms with Crippen molar-refractivity contribution in [1.29, 1.82) is 0 Å². The van der Waals surface area contributed by atoms with E-state index >= 15 is 0 Å². The monoisotopic (exact) mass is 411 g/mol. The van der Waals surface area contributed by atoms with Crippen LogP contribution in [0.1, 0.15) is 28.8 Å². The number of nitrogens with one attached hydrogen (secondary N) is 2. The van der Waals surface area contributed by atoms with Gasteiger partial charge in [-0.25, -0.2) is 4.39 Å². The van der Waals surface area contributed by atoms with Crippen molar-refractivity contribution in [2.24, 2.45) is 0 Å². The first kappa shape index (κ1) is 19.7. The molecule has 29 heavy (non-hydrogen) atoms. The van der Waals surface area contributed by atoms with Gasteiger partial charge in [0.2, 0.25) is 0 Å². The fourth-order valence-corrected chi connectivity index (χ4v) is 4.39. The van der Waals surface area contributed by atoms with E-state index < -0.39 is 0 Å². The van der Waals surface area contributed by atoms with Crippen molar-refractivity contribution in [3.8, 4) is 0 Å². The molecule has 7 heteroatoms. The van der Waals surface area contributed by atoms with Crippen LogP contribution in [0.2, 0.25) is 0 Å². The van der Waals surface area contributed by atoms with Crippen LogP contribution in [0.3, 0.4) is 0 Å². The van der Waals surface area contributed by atoms with E-state index in [1.807, 2.05) is 6.07 Å². The van der Waals surface area contributed by atoms with Gasteiger partial charge in [-0.15, -0.1) is 0 Å². The molecule has 150 valence electrons. The topological polar surface area (TPSA) is 61.4 Å². The van der Waals surface area contributed by atoms with Crippen LogP contribution in [0.15, 0.2) is 52.3 Å². The van der Waals surface area contributed by atoms with Crippen LogP contribution >= 0.6 is 11.8 Å². The average Bonchev–Trinajstić information content (AvgIpc) is 3.23. The highest BCUT2D eigenvalue weighted by atomic mass is 32.2. The minimum Gasteiger partial charge on any atom is -0.351 e. The lowest BCUT2D eigenvalue weighted by Crippen LogP contribution is -2.33. The number of likely N-dealkylation sites (tertiary alicyclic amines) is 1. The number of thioether (sulfide) groups is 1. The van der Waals surface area contributed by atoms with E-state index in [1.54, 1.807) is 30.3 Å². The van der Waals surface area contributed by atoms with Crippen LogP contribution in [0.4, 0.5) is 10.1 Å². The molecule has 2 amide bonds. The summed E-state index contributed by atoms with van der Waals surface area (Å²) in [7, 11) is 0. The number of carbonyl (C=O) groups is 2. The molecular weight excluding hydrogens is 389 g/mol. The third-order valence-corrected chi connectivity index (χ3v) is 6.14. The zero-order chi connectivity index (χ0) is 20.2. The summed E-state index contributed by atoms with van der Waals surface area (Å²) in [5.41, 5.74) is 1.47. The van der Waals surface area contributed by atoms with Crippen molar-refractivity contribution >= 4 is 35.3 Å². The maximum Gasteiger partial charge on any atom is 0.262 e. The summed E-state index contributed by atoms with van der Waals surface area (Å²) in [6, 6.07) is 11.6. The minimum atomic E-state index is -0.375. The number of halogens is 1. The molecule has 0 unspecified atom stereocenters. The third kappa shape index (κ3) is 4.68. The highest BCUT2D eigenvalue weighted by Gasteiger charge is 2.22. The van der Waals surface area contributed by atoms with Crippen molar-refractivity contribution in [1.82, 2.24) is 10.2 Å². The second-order valence-electron chi connectivity index (χ2n) is 7.10. The van der Waals surface area contributed by atoms with Crippen LogP contribution < -0.4 is 10.6 Å². The number of nitrogens with zero attached hydrogens (tertiary/aromatic N) is 1. The zero-order valence-electron chi connectivity index (χ0n) is 15.9. The van der Waals surface area contributed by atoms with E-state index in [2.05, 4.69) is 15.5 Å². The molecule has 0 atom stereocenters. The normalized spacial score (nSPS) is 17.8. The molecular formula is C22H22FN3O2S. The van der Waals surface area contributed by atoms with Crippen LogP contribution in [0.25, 0.3) is 6.08 Å². The molecule has 4 rings (SSSR count). The molecule has 0 bridgehead atoms. The van der Waals surface area contributed by atoms with Gasteiger partial charge in [0.05, 0.1) is 10.6 Å². The highest BCUT2D eigenvalue weighted by molar-refractivity contribution is 8.04. The molecule has 2 N–H and O–H groups in total. The largest absolute Gasteiger partial charge is 0.351 e. The molecule has 0 spiro atoms. The fourth-order valence-electron chi connectivity index (χ4n) is 3.47. The SMILES string of the molecule is O=C1Nc2cc(C(=O)NCCN3CCCC3)ccc2S/C1=C/c1ccccc1F. The van der Waals surface area contributed by atoms with Crippen LogP contribution in [0, 0.1) is 5.82 Å². The first-order valence-corrected chi connectivity index (χ1v) is 10.5. The van der Waals surface area contributed by atoms with Gasteiger partial charge in [0, 0.05) is 29.1 Å². The molecule has 2 aliphatic rings. The minimum absolute atomic E-state index is 0.154. The summed E-state index contributed by atoms with van der Waals surface area (Å²) in [4.78, 5) is 28.4. The van der Waals surface area contributed by atoms with Gasteiger partial charge in [0.25, 0.3) is 11.8 Å². The van der Waals surface area contributed by atoms with E-state index in [1.165, 1.54) is 36.7 Å². The molecule has 0 saturated carbocycles. The zero-order valence-corrected chi connectivity index (χ0v) is 16.7. The van der Waals surface area contributed by atoms with Gasteiger partial charge in [0.1, 0.15) is 5.82 Å². The highest BCUT2D eigenvalue weighted by Crippen LogP contribution is 2.39. The summed E-state index contributed by atoms with van der Waals surface area (Å²) < 4.78 is 13.9. The Morgan fingerprint density at radius 2 is 2.00 bits per heavy atom. The van der Waals surface area contributed by atoms with Crippen LogP contribution in [0.5, 0.6) is 0 Å². The summed E-state index contributed by atoms with van der Waals surface area (Å²) in [5.74, 6) is -0.837. The van der Waals surface area contributed by atoms with Gasteiger partial charge in [-0.1, -0.05) is 30.0 Å². The van der Waals surface area contributed by atoms with Crippen molar-refractivity contribution < 1.29 is 14.0 Å². The van der Waals surface area contributed by atoms with E-state index in [0.717, 1.165) is 24.5 Å². The Balaban J connectivity index is 1.43.